The maximum atomic E-state index is 14.5. The van der Waals surface area contributed by atoms with Crippen molar-refractivity contribution in [2.75, 3.05) is 45.8 Å². The summed E-state index contributed by atoms with van der Waals surface area (Å²) in [4.78, 5) is 10.9. The SMILES string of the molecule is COC1=CC2C(=NC=NC2Nc2ccc(Cl)c(Cl)c2F)C=C1OCC1CN(C)CCO1. The molecule has 3 unspecified atom stereocenters. The number of hydrogen-bond acceptors (Lipinski definition) is 7. The number of likely N-dealkylation sites (N-methyl/N-ethyl adjacent to an activating group) is 1. The zero-order valence-corrected chi connectivity index (χ0v) is 18.7. The van der Waals surface area contributed by atoms with Crippen LogP contribution in [0.4, 0.5) is 10.1 Å². The number of allylic oxidation sites excluding steroid dienone is 1. The van der Waals surface area contributed by atoms with Crippen molar-refractivity contribution in [2.24, 2.45) is 15.9 Å². The molecule has 1 aromatic carbocycles. The molecule has 0 aromatic heterocycles. The Kier molecular flexibility index (Phi) is 6.81. The molecule has 3 atom stereocenters. The number of methoxy groups -OCH3 is 1. The Morgan fingerprint density at radius 3 is 2.94 bits per heavy atom. The Hall–Kier alpha value is -2.13. The Bertz CT molecular complexity index is 966. The van der Waals surface area contributed by atoms with Gasteiger partial charge >= 0.3 is 0 Å². The molecule has 3 aliphatic rings. The number of fused-ring (bicyclic) bond motifs is 1. The van der Waals surface area contributed by atoms with E-state index in [1.54, 1.807) is 7.11 Å². The molecule has 10 heteroatoms. The molecule has 0 bridgehead atoms. The Morgan fingerprint density at radius 1 is 1.32 bits per heavy atom. The minimum absolute atomic E-state index is 0.0163. The highest BCUT2D eigenvalue weighted by Gasteiger charge is 2.32. The van der Waals surface area contributed by atoms with Gasteiger partial charge in [-0.1, -0.05) is 23.2 Å². The smallest absolute Gasteiger partial charge is 0.166 e. The quantitative estimate of drug-likeness (QED) is 0.643. The topological polar surface area (TPSA) is 67.7 Å². The van der Waals surface area contributed by atoms with E-state index in [-0.39, 0.29) is 27.8 Å². The summed E-state index contributed by atoms with van der Waals surface area (Å²) in [5.41, 5.74) is 0.931. The number of aliphatic imine (C=N–C) groups is 2. The van der Waals surface area contributed by atoms with E-state index in [4.69, 9.17) is 37.4 Å². The number of halogens is 3. The highest BCUT2D eigenvalue weighted by Crippen LogP contribution is 2.33. The molecular formula is C21H23Cl2FN4O3. The number of benzene rings is 1. The fraction of sp³-hybridized carbons (Fsp3) is 0.429. The predicted octanol–water partition coefficient (Wildman–Crippen LogP) is 3.74. The summed E-state index contributed by atoms with van der Waals surface area (Å²) in [6.45, 7) is 2.80. The number of nitrogens with zero attached hydrogens (tertiary/aromatic N) is 3. The van der Waals surface area contributed by atoms with E-state index in [1.165, 1.54) is 18.5 Å². The lowest BCUT2D eigenvalue weighted by Gasteiger charge is -2.32. The molecule has 1 aromatic rings. The number of nitrogens with one attached hydrogen (secondary N) is 1. The van der Waals surface area contributed by atoms with Gasteiger partial charge in [-0.15, -0.1) is 0 Å². The first-order valence-corrected chi connectivity index (χ1v) is 10.6. The fourth-order valence-electron chi connectivity index (χ4n) is 3.63. The van der Waals surface area contributed by atoms with Gasteiger partial charge < -0.3 is 24.4 Å². The van der Waals surface area contributed by atoms with E-state index < -0.39 is 12.0 Å². The van der Waals surface area contributed by atoms with Crippen molar-refractivity contribution in [1.82, 2.24) is 4.90 Å². The van der Waals surface area contributed by atoms with Crippen molar-refractivity contribution in [1.29, 1.82) is 0 Å². The van der Waals surface area contributed by atoms with E-state index in [2.05, 4.69) is 27.2 Å². The first-order valence-electron chi connectivity index (χ1n) is 9.86. The third-order valence-electron chi connectivity index (χ3n) is 5.29. The normalized spacial score (nSPS) is 25.8. The van der Waals surface area contributed by atoms with Gasteiger partial charge in [-0.2, -0.15) is 0 Å². The highest BCUT2D eigenvalue weighted by atomic mass is 35.5. The summed E-state index contributed by atoms with van der Waals surface area (Å²) in [5.74, 6) is 0.228. The van der Waals surface area contributed by atoms with Crippen LogP contribution in [0.15, 0.2) is 45.8 Å². The summed E-state index contributed by atoms with van der Waals surface area (Å²) >= 11 is 11.8. The second-order valence-electron chi connectivity index (χ2n) is 7.47. The van der Waals surface area contributed by atoms with Crippen LogP contribution < -0.4 is 5.32 Å². The first-order chi connectivity index (χ1) is 15.0. The van der Waals surface area contributed by atoms with Crippen molar-refractivity contribution in [3.05, 3.63) is 51.7 Å². The predicted molar refractivity (Wildman–Crippen MR) is 120 cm³/mol. The Morgan fingerprint density at radius 2 is 2.16 bits per heavy atom. The standard InChI is InChI=1S/C21H23Cl2FN4O3/c1-28-5-6-30-12(9-28)10-31-18-8-16-13(7-17(18)29-2)21(26-11-25-16)27-15-4-3-14(22)19(23)20(15)24/h3-4,7-8,11-13,21,27H,5-6,9-10H2,1-2H3. The van der Waals surface area contributed by atoms with Crippen LogP contribution in [0.5, 0.6) is 0 Å². The molecule has 7 nitrogen and oxygen atoms in total. The van der Waals surface area contributed by atoms with Crippen LogP contribution in [-0.4, -0.2) is 69.7 Å². The minimum Gasteiger partial charge on any atom is -0.493 e. The van der Waals surface area contributed by atoms with Crippen molar-refractivity contribution < 1.29 is 18.6 Å². The summed E-state index contributed by atoms with van der Waals surface area (Å²) in [6, 6.07) is 3.06. The van der Waals surface area contributed by atoms with E-state index in [0.29, 0.717) is 24.7 Å². The van der Waals surface area contributed by atoms with Gasteiger partial charge in [0.2, 0.25) is 0 Å². The lowest BCUT2D eigenvalue weighted by Crippen LogP contribution is -2.42. The number of anilines is 1. The van der Waals surface area contributed by atoms with Crippen LogP contribution in [-0.2, 0) is 14.2 Å². The molecule has 166 valence electrons. The van der Waals surface area contributed by atoms with Gasteiger partial charge in [-0.05, 0) is 25.3 Å². The summed E-state index contributed by atoms with van der Waals surface area (Å²) in [5, 5.41) is 3.09. The van der Waals surface area contributed by atoms with Gasteiger partial charge in [-0.3, -0.25) is 0 Å². The van der Waals surface area contributed by atoms with Crippen LogP contribution >= 0.6 is 23.2 Å². The van der Waals surface area contributed by atoms with Crippen molar-refractivity contribution in [2.45, 2.75) is 12.3 Å². The van der Waals surface area contributed by atoms with Crippen molar-refractivity contribution in [3.63, 3.8) is 0 Å². The van der Waals surface area contributed by atoms with Crippen LogP contribution in [0, 0.1) is 11.7 Å². The molecule has 0 saturated carbocycles. The zero-order valence-electron chi connectivity index (χ0n) is 17.1. The number of rotatable bonds is 6. The number of hydrogen-bond donors (Lipinski definition) is 1. The molecule has 1 aliphatic carbocycles. The van der Waals surface area contributed by atoms with E-state index >= 15 is 0 Å². The van der Waals surface area contributed by atoms with Crippen LogP contribution in [0.1, 0.15) is 0 Å². The average molecular weight is 469 g/mol. The maximum absolute atomic E-state index is 14.5. The van der Waals surface area contributed by atoms with Gasteiger partial charge in [0.15, 0.2) is 17.3 Å². The molecule has 1 saturated heterocycles. The monoisotopic (exact) mass is 468 g/mol. The molecular weight excluding hydrogens is 446 g/mol. The fourth-order valence-corrected chi connectivity index (χ4v) is 3.94. The summed E-state index contributed by atoms with van der Waals surface area (Å²) in [6.07, 6.45) is 4.61. The Labute approximate surface area is 190 Å². The van der Waals surface area contributed by atoms with Crippen molar-refractivity contribution >= 4 is 40.9 Å². The largest absolute Gasteiger partial charge is 0.493 e. The summed E-state index contributed by atoms with van der Waals surface area (Å²) < 4.78 is 31.8. The average Bonchev–Trinajstić information content (AvgIpc) is 2.77. The van der Waals surface area contributed by atoms with Gasteiger partial charge in [-0.25, -0.2) is 14.4 Å². The number of ether oxygens (including phenoxy) is 3. The first kappa shape index (κ1) is 22.1. The molecule has 31 heavy (non-hydrogen) atoms. The lowest BCUT2D eigenvalue weighted by atomic mass is 9.92. The molecule has 0 radical (unpaired) electrons. The lowest BCUT2D eigenvalue weighted by molar-refractivity contribution is -0.0525. The van der Waals surface area contributed by atoms with Crippen LogP contribution in [0.25, 0.3) is 0 Å². The Balaban J connectivity index is 1.49. The minimum atomic E-state index is -0.628. The van der Waals surface area contributed by atoms with Gasteiger partial charge in [0.05, 0.1) is 41.1 Å². The zero-order chi connectivity index (χ0) is 22.0. The summed E-state index contributed by atoms with van der Waals surface area (Å²) in [7, 11) is 3.63. The second-order valence-corrected chi connectivity index (χ2v) is 8.25. The number of morpholine rings is 1. The molecule has 0 spiro atoms. The van der Waals surface area contributed by atoms with Gasteiger partial charge in [0.25, 0.3) is 0 Å². The van der Waals surface area contributed by atoms with Gasteiger partial charge in [0.1, 0.15) is 25.2 Å². The van der Waals surface area contributed by atoms with Gasteiger partial charge in [0, 0.05) is 19.2 Å². The molecule has 2 aliphatic heterocycles. The molecule has 0 amide bonds. The molecule has 1 fully saturated rings. The van der Waals surface area contributed by atoms with Crippen LogP contribution in [0.3, 0.4) is 0 Å². The molecule has 2 heterocycles. The third kappa shape index (κ3) is 4.87. The van der Waals surface area contributed by atoms with Crippen LogP contribution in [0.2, 0.25) is 10.0 Å². The van der Waals surface area contributed by atoms with Crippen molar-refractivity contribution in [3.8, 4) is 0 Å². The molecule has 1 N–H and O–H groups in total. The highest BCUT2D eigenvalue weighted by molar-refractivity contribution is 6.42. The van der Waals surface area contributed by atoms with E-state index in [9.17, 15) is 4.39 Å². The van der Waals surface area contributed by atoms with E-state index in [1.807, 2.05) is 12.2 Å². The van der Waals surface area contributed by atoms with E-state index in [0.717, 1.165) is 18.8 Å². The molecule has 4 rings (SSSR count). The maximum Gasteiger partial charge on any atom is 0.166 e. The third-order valence-corrected chi connectivity index (χ3v) is 6.07. The second kappa shape index (κ2) is 9.56.